The topological polar surface area (TPSA) is 224 Å². The zero-order valence-electron chi connectivity index (χ0n) is 47.7. The number of hydrogen-bond donors (Lipinski definition) is 6. The van der Waals surface area contributed by atoms with Gasteiger partial charge >= 0.3 is 0 Å². The number of aromatic nitrogens is 3. The third-order valence-corrected chi connectivity index (χ3v) is 19.2. The van der Waals surface area contributed by atoms with Crippen LogP contribution in [0.4, 0.5) is 28.4 Å². The summed E-state index contributed by atoms with van der Waals surface area (Å²) in [7, 11) is -3.14. The molecule has 1 spiro atoms. The van der Waals surface area contributed by atoms with Crippen molar-refractivity contribution in [3.05, 3.63) is 149 Å². The van der Waals surface area contributed by atoms with Crippen molar-refractivity contribution in [2.24, 2.45) is 5.92 Å². The summed E-state index contributed by atoms with van der Waals surface area (Å²) in [5.74, 6) is -0.0190. The van der Waals surface area contributed by atoms with Gasteiger partial charge in [0.2, 0.25) is 11.8 Å². The average molecular weight is 1140 g/mol. The molecular formula is C63H78N8O10Si. The molecule has 0 radical (unpaired) electrons. The molecule has 18 nitrogen and oxygen atoms in total. The number of unbranched alkanes of at least 4 members (excludes halogenated alkanes) is 2. The number of nitrogens with one attached hydrogen (secondary N) is 2. The van der Waals surface area contributed by atoms with Gasteiger partial charge in [0.1, 0.15) is 11.5 Å². The molecule has 3 amide bonds. The first kappa shape index (κ1) is 58.4. The van der Waals surface area contributed by atoms with Crippen LogP contribution in [-0.4, -0.2) is 125 Å². The Hall–Kier alpha value is -6.81. The number of nitrogens with zero attached hydrogens (tertiary/aromatic N) is 6. The van der Waals surface area contributed by atoms with Crippen molar-refractivity contribution in [2.75, 3.05) is 60.8 Å². The molecule has 7 atom stereocenters. The van der Waals surface area contributed by atoms with Crippen molar-refractivity contribution >= 4 is 54.5 Å². The number of carbonyl (C=O) groups excluding carboxylic acids is 3. The number of aliphatic hydroxyl groups is 3. The van der Waals surface area contributed by atoms with E-state index in [4.69, 9.17) is 14.2 Å². The highest BCUT2D eigenvalue weighted by Gasteiger charge is 2.66. The van der Waals surface area contributed by atoms with Crippen LogP contribution in [0.25, 0.3) is 0 Å². The summed E-state index contributed by atoms with van der Waals surface area (Å²) in [6, 6.07) is 33.6. The lowest BCUT2D eigenvalue weighted by Gasteiger charge is -2.36. The Labute approximate surface area is 481 Å². The van der Waals surface area contributed by atoms with E-state index >= 15 is 4.79 Å². The second-order valence-corrected chi connectivity index (χ2v) is 26.5. The molecule has 1 saturated heterocycles. The molecule has 434 valence electrons. The molecule has 5 aromatic carbocycles. The van der Waals surface area contributed by atoms with E-state index in [-0.39, 0.29) is 50.0 Å². The lowest BCUT2D eigenvalue weighted by molar-refractivity contribution is -0.146. The van der Waals surface area contributed by atoms with Crippen LogP contribution in [0.15, 0.2) is 115 Å². The van der Waals surface area contributed by atoms with Crippen LogP contribution >= 0.6 is 0 Å². The van der Waals surface area contributed by atoms with Gasteiger partial charge in [0.15, 0.2) is 13.9 Å². The Balaban J connectivity index is 1.01. The zero-order chi connectivity index (χ0) is 57.7. The molecule has 6 N–H and O–H groups in total. The second kappa shape index (κ2) is 25.4. The Morgan fingerprint density at radius 3 is 1.87 bits per heavy atom. The van der Waals surface area contributed by atoms with Gasteiger partial charge < -0.3 is 49.9 Å². The van der Waals surface area contributed by atoms with Gasteiger partial charge in [-0.05, 0) is 174 Å². The maximum Gasteiger partial charge on any atom is 0.264 e. The molecule has 5 heterocycles. The van der Waals surface area contributed by atoms with E-state index in [9.17, 15) is 29.7 Å². The standard InChI is InChI=1S/C63H78N8O10Si/c1-6-79-48-22-25-55-44(33-48)35-52(64-28-11-13-31-72)60(75)70(55)46-19-17-42(18-20-46)38-69-57-24-21-47(71-56-26-23-49(80-7-2)34-45(56)36-53(61(71)76)65-29-12-14-32-73)37-51(57)63(62(69)77)41(3)59(82(4,5)78)58(81-63)27-30-68-39-54(66-67-68)50(40-74)43-15-9-8-10-16-43/h8-10,15-26,33-34,37,39,41,50,52-53,58-59,64-65,72-74,78H,6-7,11-14,27-32,35-36,38,40H2,1-5H3/t41-,50?,52?,53?,58+,59-,63+/m1/s1. The van der Waals surface area contributed by atoms with Gasteiger partial charge in [0, 0.05) is 54.4 Å². The van der Waals surface area contributed by atoms with Crippen LogP contribution < -0.4 is 34.8 Å². The highest BCUT2D eigenvalue weighted by Crippen LogP contribution is 2.60. The highest BCUT2D eigenvalue weighted by molar-refractivity contribution is 6.71. The summed E-state index contributed by atoms with van der Waals surface area (Å²) in [6.45, 7) is 12.3. The lowest BCUT2D eigenvalue weighted by Crippen LogP contribution is -2.49. The van der Waals surface area contributed by atoms with E-state index in [2.05, 4.69) is 20.9 Å². The van der Waals surface area contributed by atoms with Gasteiger partial charge in [0.25, 0.3) is 5.91 Å². The van der Waals surface area contributed by atoms with Gasteiger partial charge in [-0.25, -0.2) is 0 Å². The normalized spacial score (nSPS) is 21.7. The Kier molecular flexibility index (Phi) is 18.1. The van der Waals surface area contributed by atoms with Gasteiger partial charge in [-0.1, -0.05) is 54.6 Å². The summed E-state index contributed by atoms with van der Waals surface area (Å²) < 4.78 is 20.9. The number of fused-ring (bicyclic) bond motifs is 4. The number of ether oxygens (including phenoxy) is 3. The summed E-state index contributed by atoms with van der Waals surface area (Å²) in [5.41, 5.74) is 6.12. The number of rotatable bonds is 25. The monoisotopic (exact) mass is 1130 g/mol. The summed E-state index contributed by atoms with van der Waals surface area (Å²) in [4.78, 5) is 63.0. The molecule has 19 heteroatoms. The molecule has 4 aliphatic rings. The van der Waals surface area contributed by atoms with Crippen molar-refractivity contribution in [3.8, 4) is 11.5 Å². The maximum atomic E-state index is 16.0. The first-order chi connectivity index (χ1) is 39.7. The average Bonchev–Trinajstić information content (AvgIpc) is 2.25. The predicted octanol–water partition coefficient (Wildman–Crippen LogP) is 7.54. The fraction of sp³-hybridized carbons (Fsp3) is 0.444. The molecule has 0 saturated carbocycles. The lowest BCUT2D eigenvalue weighted by atomic mass is 9.82. The van der Waals surface area contributed by atoms with Crippen molar-refractivity contribution in [3.63, 3.8) is 0 Å². The van der Waals surface area contributed by atoms with Crippen LogP contribution in [0, 0.1) is 5.92 Å². The molecule has 82 heavy (non-hydrogen) atoms. The number of hydrogen-bond acceptors (Lipinski definition) is 14. The van der Waals surface area contributed by atoms with E-state index in [1.807, 2.05) is 149 Å². The van der Waals surface area contributed by atoms with Crippen LogP contribution in [0.3, 0.4) is 0 Å². The molecule has 3 unspecified atom stereocenters. The van der Waals surface area contributed by atoms with Crippen LogP contribution in [-0.2, 0) is 50.7 Å². The SMILES string of the molecule is CCOc1ccc2c(c1)CC(NCCCCO)C(=O)N2c1ccc(CN2C(=O)[C@@]3(O[C@@H](CCn4cc(C(CO)c5ccccc5)nn4)[C@H]([Si](C)(C)O)[C@H]3C)c3cc(N4C(=O)C(NCCCCO)Cc5cc(OCC)ccc54)ccc32)cc1. The van der Waals surface area contributed by atoms with Gasteiger partial charge in [-0.3, -0.25) is 28.9 Å². The highest BCUT2D eigenvalue weighted by atomic mass is 28.4. The molecule has 4 aliphatic heterocycles. The van der Waals surface area contributed by atoms with E-state index in [1.54, 1.807) is 19.4 Å². The summed E-state index contributed by atoms with van der Waals surface area (Å²) in [5, 5.41) is 45.3. The number of carbonyl (C=O) groups is 3. The Bertz CT molecular complexity index is 3210. The van der Waals surface area contributed by atoms with E-state index in [1.165, 1.54) is 0 Å². The van der Waals surface area contributed by atoms with Gasteiger partial charge in [-0.2, -0.15) is 0 Å². The van der Waals surface area contributed by atoms with Crippen LogP contribution in [0.5, 0.6) is 11.5 Å². The second-order valence-electron chi connectivity index (χ2n) is 22.5. The summed E-state index contributed by atoms with van der Waals surface area (Å²) in [6.07, 6.45) is 5.20. The van der Waals surface area contributed by atoms with E-state index in [0.29, 0.717) is 111 Å². The maximum absolute atomic E-state index is 16.0. The molecule has 0 aliphatic carbocycles. The minimum absolute atomic E-state index is 0.0569. The molecule has 10 rings (SSSR count). The van der Waals surface area contributed by atoms with Gasteiger partial charge in [0.05, 0.1) is 73.2 Å². The minimum atomic E-state index is -3.14. The molecule has 1 aromatic heterocycles. The third-order valence-electron chi connectivity index (χ3n) is 16.7. The molecule has 0 bridgehead atoms. The molecule has 1 fully saturated rings. The van der Waals surface area contributed by atoms with Crippen LogP contribution in [0.1, 0.15) is 92.3 Å². The largest absolute Gasteiger partial charge is 0.494 e. The fourth-order valence-electron chi connectivity index (χ4n) is 12.9. The number of aryl methyl sites for hydroxylation is 1. The van der Waals surface area contributed by atoms with Crippen molar-refractivity contribution in [1.82, 2.24) is 25.6 Å². The van der Waals surface area contributed by atoms with Gasteiger partial charge in [-0.15, -0.1) is 5.10 Å². The van der Waals surface area contributed by atoms with Crippen LogP contribution in [0.2, 0.25) is 18.6 Å². The van der Waals surface area contributed by atoms with Crippen molar-refractivity contribution in [1.29, 1.82) is 0 Å². The zero-order valence-corrected chi connectivity index (χ0v) is 48.7. The van der Waals surface area contributed by atoms with Crippen molar-refractivity contribution in [2.45, 2.75) is 127 Å². The predicted molar refractivity (Wildman–Crippen MR) is 316 cm³/mol. The summed E-state index contributed by atoms with van der Waals surface area (Å²) >= 11 is 0. The number of aliphatic hydroxyl groups excluding tert-OH is 3. The fourth-order valence-corrected chi connectivity index (χ4v) is 15.5. The number of anilines is 5. The number of amides is 3. The quantitative estimate of drug-likeness (QED) is 0.0241. The first-order valence-electron chi connectivity index (χ1n) is 29.1. The minimum Gasteiger partial charge on any atom is -0.494 e. The van der Waals surface area contributed by atoms with E-state index in [0.717, 1.165) is 40.1 Å². The first-order valence-corrected chi connectivity index (χ1v) is 32.1. The third kappa shape index (κ3) is 11.6. The Morgan fingerprint density at radius 1 is 0.732 bits per heavy atom. The van der Waals surface area contributed by atoms with Crippen molar-refractivity contribution < 1.29 is 48.7 Å². The molecule has 6 aromatic rings. The smallest absolute Gasteiger partial charge is 0.264 e. The molecular weight excluding hydrogens is 1060 g/mol. The van der Waals surface area contributed by atoms with E-state index < -0.39 is 43.6 Å². The Morgan fingerprint density at radius 2 is 1.30 bits per heavy atom. The number of benzene rings is 5.